The van der Waals surface area contributed by atoms with Gasteiger partial charge in [0.25, 0.3) is 5.91 Å². The number of ether oxygens (including phenoxy) is 1. The van der Waals surface area contributed by atoms with Gasteiger partial charge in [-0.2, -0.15) is 0 Å². The maximum Gasteiger partial charge on any atom is 0.273 e. The van der Waals surface area contributed by atoms with Crippen LogP contribution in [0.15, 0.2) is 95.9 Å². The van der Waals surface area contributed by atoms with Gasteiger partial charge in [-0.05, 0) is 22.8 Å². The molecule has 0 aliphatic carbocycles. The first-order chi connectivity index (χ1) is 17.1. The Bertz CT molecular complexity index is 1380. The number of rotatable bonds is 5. The molecule has 1 atom stereocenters. The van der Waals surface area contributed by atoms with Crippen LogP contribution in [-0.2, 0) is 13.2 Å². The van der Waals surface area contributed by atoms with Crippen LogP contribution in [0.2, 0.25) is 0 Å². The van der Waals surface area contributed by atoms with E-state index in [0.29, 0.717) is 13.2 Å². The van der Waals surface area contributed by atoms with E-state index in [0.717, 1.165) is 28.0 Å². The number of para-hydroxylation sites is 1. The van der Waals surface area contributed by atoms with E-state index in [2.05, 4.69) is 5.32 Å². The number of carbonyl (C=O) groups excluding carboxylic acids is 1. The Balaban J connectivity index is 1.80. The minimum Gasteiger partial charge on any atom is -0.502 e. The van der Waals surface area contributed by atoms with Crippen molar-refractivity contribution in [3.8, 4) is 11.5 Å². The van der Waals surface area contributed by atoms with E-state index in [1.54, 1.807) is 4.68 Å². The second-order valence-corrected chi connectivity index (χ2v) is 8.31. The summed E-state index contributed by atoms with van der Waals surface area (Å²) in [5, 5.41) is 15.2. The number of amides is 1. The van der Waals surface area contributed by atoms with Crippen molar-refractivity contribution in [3.05, 3.63) is 129 Å². The second-order valence-electron chi connectivity index (χ2n) is 8.31. The lowest BCUT2D eigenvalue weighted by atomic mass is 9.94. The lowest BCUT2D eigenvalue weighted by molar-refractivity contribution is 0.0948. The topological polar surface area (TPSA) is 83.8 Å². The normalized spacial score (nSPS) is 14.1. The fourth-order valence-corrected chi connectivity index (χ4v) is 4.54. The molecule has 1 amide bonds. The Kier molecular flexibility index (Phi) is 5.97. The van der Waals surface area contributed by atoms with E-state index in [4.69, 9.17) is 4.74 Å². The highest BCUT2D eigenvalue weighted by molar-refractivity contribution is 5.95. The Morgan fingerprint density at radius 3 is 2.46 bits per heavy atom. The summed E-state index contributed by atoms with van der Waals surface area (Å²) < 4.78 is 7.74. The van der Waals surface area contributed by atoms with Crippen LogP contribution >= 0.6 is 0 Å². The molecular weight excluding hydrogens is 442 g/mol. The number of carbonyl (C=O) groups is 1. The zero-order chi connectivity index (χ0) is 24.4. The van der Waals surface area contributed by atoms with E-state index >= 15 is 0 Å². The van der Waals surface area contributed by atoms with Crippen molar-refractivity contribution in [2.75, 3.05) is 12.1 Å². The first kappa shape index (κ1) is 22.3. The van der Waals surface area contributed by atoms with Gasteiger partial charge < -0.3 is 15.2 Å². The maximum atomic E-state index is 12.9. The second kappa shape index (κ2) is 9.38. The number of fused-ring (bicyclic) bond motifs is 2. The van der Waals surface area contributed by atoms with Crippen LogP contribution in [-0.4, -0.2) is 22.7 Å². The molecule has 1 aliphatic heterocycles. The standard InChI is InChI=1S/C28H25N3O4/c1-29-28(34)26-27(33)23(32)15-16-30(26)31(17-19-9-3-2-4-10-19)25-21-12-6-5-11-20(21)18-35-24-14-8-7-13-22(24)25/h2-16,25,33H,17-18H2,1H3,(H,29,34). The maximum absolute atomic E-state index is 12.9. The van der Waals surface area contributed by atoms with Crippen LogP contribution in [0.4, 0.5) is 0 Å². The van der Waals surface area contributed by atoms with Crippen molar-refractivity contribution < 1.29 is 14.6 Å². The first-order valence-electron chi connectivity index (χ1n) is 11.4. The quantitative estimate of drug-likeness (QED) is 0.467. The molecule has 0 spiro atoms. The van der Waals surface area contributed by atoms with Crippen LogP contribution in [0.1, 0.15) is 38.8 Å². The van der Waals surface area contributed by atoms with E-state index in [1.807, 2.05) is 83.9 Å². The molecule has 0 bridgehead atoms. The van der Waals surface area contributed by atoms with Gasteiger partial charge in [0.1, 0.15) is 12.4 Å². The molecule has 2 heterocycles. The number of aromatic hydroxyl groups is 1. The largest absolute Gasteiger partial charge is 0.502 e. The fourth-order valence-electron chi connectivity index (χ4n) is 4.54. The molecule has 7 heteroatoms. The SMILES string of the molecule is CNC(=O)c1c(O)c(=O)ccn1N(Cc1ccccc1)C1c2ccccc2COc2ccccc21. The molecule has 1 aromatic heterocycles. The monoisotopic (exact) mass is 467 g/mol. The average Bonchev–Trinajstić information content (AvgIpc) is 3.06. The summed E-state index contributed by atoms with van der Waals surface area (Å²) in [4.78, 5) is 25.3. The van der Waals surface area contributed by atoms with Gasteiger partial charge in [-0.1, -0.05) is 72.8 Å². The van der Waals surface area contributed by atoms with Crippen LogP contribution in [0.5, 0.6) is 11.5 Å². The lowest BCUT2D eigenvalue weighted by Crippen LogP contribution is -2.42. The van der Waals surface area contributed by atoms with E-state index in [1.165, 1.54) is 19.3 Å². The first-order valence-corrected chi connectivity index (χ1v) is 11.4. The third-order valence-corrected chi connectivity index (χ3v) is 6.20. The van der Waals surface area contributed by atoms with Gasteiger partial charge in [0.15, 0.2) is 11.4 Å². The summed E-state index contributed by atoms with van der Waals surface area (Å²) >= 11 is 0. The molecule has 0 saturated carbocycles. The number of aromatic nitrogens is 1. The van der Waals surface area contributed by atoms with Crippen molar-refractivity contribution in [1.29, 1.82) is 0 Å². The molecule has 0 saturated heterocycles. The summed E-state index contributed by atoms with van der Waals surface area (Å²) in [6.07, 6.45) is 1.53. The molecule has 1 unspecified atom stereocenters. The summed E-state index contributed by atoms with van der Waals surface area (Å²) in [5.41, 5.74) is 3.18. The van der Waals surface area contributed by atoms with Crippen molar-refractivity contribution in [1.82, 2.24) is 9.99 Å². The highest BCUT2D eigenvalue weighted by Gasteiger charge is 2.32. The number of hydrogen-bond donors (Lipinski definition) is 2. The number of nitrogens with one attached hydrogen (secondary N) is 1. The van der Waals surface area contributed by atoms with Crippen LogP contribution in [0.3, 0.4) is 0 Å². The van der Waals surface area contributed by atoms with Gasteiger partial charge in [-0.3, -0.25) is 19.3 Å². The minimum atomic E-state index is -0.621. The molecule has 35 heavy (non-hydrogen) atoms. The van der Waals surface area contributed by atoms with Crippen molar-refractivity contribution in [3.63, 3.8) is 0 Å². The Labute approximate surface area is 202 Å². The summed E-state index contributed by atoms with van der Waals surface area (Å²) in [6, 6.07) is 26.6. The molecule has 3 aromatic carbocycles. The summed E-state index contributed by atoms with van der Waals surface area (Å²) in [5.74, 6) is -0.431. The van der Waals surface area contributed by atoms with Gasteiger partial charge in [-0.15, -0.1) is 0 Å². The molecule has 5 rings (SSSR count). The van der Waals surface area contributed by atoms with E-state index in [9.17, 15) is 14.7 Å². The Morgan fingerprint density at radius 2 is 1.69 bits per heavy atom. The molecule has 1 aliphatic rings. The Morgan fingerprint density at radius 1 is 1.00 bits per heavy atom. The van der Waals surface area contributed by atoms with Gasteiger partial charge in [0.05, 0.1) is 12.6 Å². The molecule has 176 valence electrons. The zero-order valence-corrected chi connectivity index (χ0v) is 19.2. The third-order valence-electron chi connectivity index (χ3n) is 6.20. The average molecular weight is 468 g/mol. The fraction of sp³-hybridized carbons (Fsp3) is 0.143. The van der Waals surface area contributed by atoms with Crippen LogP contribution in [0, 0.1) is 0 Å². The number of benzene rings is 3. The molecule has 4 aromatic rings. The Hall–Kier alpha value is -4.52. The highest BCUT2D eigenvalue weighted by Crippen LogP contribution is 2.40. The molecular formula is C28H25N3O4. The zero-order valence-electron chi connectivity index (χ0n) is 19.2. The number of pyridine rings is 1. The van der Waals surface area contributed by atoms with Crippen molar-refractivity contribution in [2.24, 2.45) is 0 Å². The highest BCUT2D eigenvalue weighted by atomic mass is 16.5. The predicted molar refractivity (Wildman–Crippen MR) is 133 cm³/mol. The van der Waals surface area contributed by atoms with Gasteiger partial charge in [0.2, 0.25) is 5.43 Å². The molecule has 0 radical (unpaired) electrons. The summed E-state index contributed by atoms with van der Waals surface area (Å²) in [6.45, 7) is 0.793. The minimum absolute atomic E-state index is 0.129. The summed E-state index contributed by atoms with van der Waals surface area (Å²) in [7, 11) is 1.47. The van der Waals surface area contributed by atoms with E-state index in [-0.39, 0.29) is 11.7 Å². The third kappa shape index (κ3) is 4.12. The van der Waals surface area contributed by atoms with Gasteiger partial charge in [0, 0.05) is 24.9 Å². The molecule has 2 N–H and O–H groups in total. The van der Waals surface area contributed by atoms with Gasteiger partial charge in [-0.25, -0.2) is 0 Å². The van der Waals surface area contributed by atoms with Crippen LogP contribution < -0.4 is 20.5 Å². The molecule has 0 fully saturated rings. The number of hydrogen-bond acceptors (Lipinski definition) is 5. The molecule has 7 nitrogen and oxygen atoms in total. The van der Waals surface area contributed by atoms with Crippen molar-refractivity contribution >= 4 is 5.91 Å². The number of nitrogens with zero attached hydrogens (tertiary/aromatic N) is 2. The van der Waals surface area contributed by atoms with Gasteiger partial charge >= 0.3 is 0 Å². The van der Waals surface area contributed by atoms with E-state index < -0.39 is 17.1 Å². The smallest absolute Gasteiger partial charge is 0.273 e. The van der Waals surface area contributed by atoms with Crippen molar-refractivity contribution in [2.45, 2.75) is 19.2 Å². The lowest BCUT2D eigenvalue weighted by Gasteiger charge is -2.37. The van der Waals surface area contributed by atoms with Crippen LogP contribution in [0.25, 0.3) is 0 Å². The predicted octanol–water partition coefficient (Wildman–Crippen LogP) is 3.73.